The monoisotopic (exact) mass is 386 g/mol. The number of pyridine rings is 1. The molecule has 1 aliphatic heterocycles. The van der Waals surface area contributed by atoms with E-state index in [9.17, 15) is 4.79 Å². The SMILES string of the molecule is COc1ccc(Br)c(C(=O)N2CC(c3nnc4ccccn34)C2)c1. The van der Waals surface area contributed by atoms with E-state index >= 15 is 0 Å². The predicted octanol–water partition coefficient (Wildman–Crippen LogP) is 2.74. The normalized spacial score (nSPS) is 14.7. The number of halogens is 1. The number of benzene rings is 1. The van der Waals surface area contributed by atoms with Crippen LogP contribution in [-0.4, -0.2) is 45.6 Å². The molecule has 4 rings (SSSR count). The molecule has 1 amide bonds. The van der Waals surface area contributed by atoms with Gasteiger partial charge in [-0.3, -0.25) is 9.20 Å². The fourth-order valence-corrected chi connectivity index (χ4v) is 3.33. The highest BCUT2D eigenvalue weighted by Gasteiger charge is 2.35. The number of rotatable bonds is 3. The molecule has 24 heavy (non-hydrogen) atoms. The molecule has 122 valence electrons. The van der Waals surface area contributed by atoms with Gasteiger partial charge >= 0.3 is 0 Å². The van der Waals surface area contributed by atoms with E-state index in [1.165, 1.54) is 0 Å². The first-order valence-electron chi connectivity index (χ1n) is 7.60. The largest absolute Gasteiger partial charge is 0.497 e. The Morgan fingerprint density at radius 3 is 2.88 bits per heavy atom. The van der Waals surface area contributed by atoms with Crippen molar-refractivity contribution in [3.8, 4) is 5.75 Å². The van der Waals surface area contributed by atoms with Crippen LogP contribution < -0.4 is 4.74 Å². The van der Waals surface area contributed by atoms with Gasteiger partial charge in [0, 0.05) is 23.8 Å². The van der Waals surface area contributed by atoms with Crippen molar-refractivity contribution in [1.29, 1.82) is 0 Å². The van der Waals surface area contributed by atoms with Crippen LogP contribution in [0, 0.1) is 0 Å². The minimum Gasteiger partial charge on any atom is -0.497 e. The number of amides is 1. The summed E-state index contributed by atoms with van der Waals surface area (Å²) in [7, 11) is 1.59. The Hall–Kier alpha value is -2.41. The third kappa shape index (κ3) is 2.45. The highest BCUT2D eigenvalue weighted by atomic mass is 79.9. The highest BCUT2D eigenvalue weighted by molar-refractivity contribution is 9.10. The molecule has 3 aromatic rings. The second-order valence-corrected chi connectivity index (χ2v) is 6.59. The number of likely N-dealkylation sites (tertiary alicyclic amines) is 1. The lowest BCUT2D eigenvalue weighted by molar-refractivity contribution is 0.0592. The molecule has 0 spiro atoms. The lowest BCUT2D eigenvalue weighted by atomic mass is 9.98. The van der Waals surface area contributed by atoms with Gasteiger partial charge < -0.3 is 9.64 Å². The van der Waals surface area contributed by atoms with E-state index in [4.69, 9.17) is 4.74 Å². The molecule has 0 saturated carbocycles. The number of hydrogen-bond acceptors (Lipinski definition) is 4. The van der Waals surface area contributed by atoms with Crippen LogP contribution in [0.5, 0.6) is 5.75 Å². The lowest BCUT2D eigenvalue weighted by Gasteiger charge is -2.38. The van der Waals surface area contributed by atoms with Crippen LogP contribution in [0.4, 0.5) is 0 Å². The maximum atomic E-state index is 12.7. The van der Waals surface area contributed by atoms with Gasteiger partial charge in [-0.1, -0.05) is 6.07 Å². The molecule has 0 aliphatic carbocycles. The number of hydrogen-bond donors (Lipinski definition) is 0. The number of ether oxygens (including phenoxy) is 1. The number of carbonyl (C=O) groups excluding carboxylic acids is 1. The first-order valence-corrected chi connectivity index (χ1v) is 8.39. The Bertz CT molecular complexity index is 918. The average molecular weight is 387 g/mol. The molecule has 7 heteroatoms. The first kappa shape index (κ1) is 15.1. The van der Waals surface area contributed by atoms with Gasteiger partial charge in [-0.25, -0.2) is 0 Å². The number of aromatic nitrogens is 3. The maximum absolute atomic E-state index is 12.7. The van der Waals surface area contributed by atoms with Crippen molar-refractivity contribution in [3.63, 3.8) is 0 Å². The van der Waals surface area contributed by atoms with Crippen LogP contribution >= 0.6 is 15.9 Å². The summed E-state index contributed by atoms with van der Waals surface area (Å²) >= 11 is 3.44. The van der Waals surface area contributed by atoms with E-state index in [2.05, 4.69) is 26.1 Å². The van der Waals surface area contributed by atoms with E-state index in [0.29, 0.717) is 24.4 Å². The molecule has 0 bridgehead atoms. The summed E-state index contributed by atoms with van der Waals surface area (Å²) < 4.78 is 7.95. The van der Waals surface area contributed by atoms with E-state index < -0.39 is 0 Å². The van der Waals surface area contributed by atoms with Gasteiger partial charge in [-0.15, -0.1) is 10.2 Å². The summed E-state index contributed by atoms with van der Waals surface area (Å²) in [5.74, 6) is 1.77. The summed E-state index contributed by atoms with van der Waals surface area (Å²) in [5, 5.41) is 8.45. The molecule has 6 nitrogen and oxygen atoms in total. The highest BCUT2D eigenvalue weighted by Crippen LogP contribution is 2.30. The Morgan fingerprint density at radius 1 is 1.25 bits per heavy atom. The summed E-state index contributed by atoms with van der Waals surface area (Å²) in [6.07, 6.45) is 1.95. The summed E-state index contributed by atoms with van der Waals surface area (Å²) in [6.45, 7) is 1.27. The maximum Gasteiger partial charge on any atom is 0.255 e. The van der Waals surface area contributed by atoms with Crippen molar-refractivity contribution in [2.45, 2.75) is 5.92 Å². The third-order valence-electron chi connectivity index (χ3n) is 4.28. The molecule has 1 saturated heterocycles. The Labute approximate surface area is 147 Å². The zero-order chi connectivity index (χ0) is 16.7. The molecule has 0 N–H and O–H groups in total. The molecule has 1 fully saturated rings. The van der Waals surface area contributed by atoms with Crippen molar-refractivity contribution < 1.29 is 9.53 Å². The summed E-state index contributed by atoms with van der Waals surface area (Å²) in [4.78, 5) is 14.5. The van der Waals surface area contributed by atoms with Gasteiger partial charge in [0.05, 0.1) is 18.6 Å². The van der Waals surface area contributed by atoms with Crippen molar-refractivity contribution in [3.05, 3.63) is 58.5 Å². The van der Waals surface area contributed by atoms with Crippen LogP contribution in [0.2, 0.25) is 0 Å². The molecule has 3 heterocycles. The fourth-order valence-electron chi connectivity index (χ4n) is 2.91. The van der Waals surface area contributed by atoms with E-state index in [1.807, 2.05) is 45.8 Å². The third-order valence-corrected chi connectivity index (χ3v) is 4.97. The van der Waals surface area contributed by atoms with Gasteiger partial charge in [0.1, 0.15) is 11.6 Å². The van der Waals surface area contributed by atoms with Gasteiger partial charge in [0.25, 0.3) is 5.91 Å². The Balaban J connectivity index is 1.52. The molecular formula is C17H15BrN4O2. The summed E-state index contributed by atoms with van der Waals surface area (Å²) in [6, 6.07) is 11.2. The standard InChI is InChI=1S/C17H15BrN4O2/c1-24-12-5-6-14(18)13(8-12)17(23)21-9-11(10-21)16-20-19-15-4-2-3-7-22(15)16/h2-8,11H,9-10H2,1H3. The van der Waals surface area contributed by atoms with Gasteiger partial charge in [0.2, 0.25) is 0 Å². The fraction of sp³-hybridized carbons (Fsp3) is 0.235. The molecule has 1 aromatic carbocycles. The van der Waals surface area contributed by atoms with Crippen LogP contribution in [0.25, 0.3) is 5.65 Å². The quantitative estimate of drug-likeness (QED) is 0.694. The minimum absolute atomic E-state index is 0.00848. The second-order valence-electron chi connectivity index (χ2n) is 5.74. The number of carbonyl (C=O) groups is 1. The number of fused-ring (bicyclic) bond motifs is 1. The zero-order valence-electron chi connectivity index (χ0n) is 13.0. The van der Waals surface area contributed by atoms with Crippen LogP contribution in [0.15, 0.2) is 47.1 Å². The van der Waals surface area contributed by atoms with Crippen LogP contribution in [-0.2, 0) is 0 Å². The zero-order valence-corrected chi connectivity index (χ0v) is 14.6. The number of nitrogens with zero attached hydrogens (tertiary/aromatic N) is 4. The topological polar surface area (TPSA) is 59.7 Å². The van der Waals surface area contributed by atoms with Crippen molar-refractivity contribution >= 4 is 27.5 Å². The smallest absolute Gasteiger partial charge is 0.255 e. The average Bonchev–Trinajstić information content (AvgIpc) is 2.98. The molecule has 2 aromatic heterocycles. The van der Waals surface area contributed by atoms with Gasteiger partial charge in [-0.05, 0) is 46.3 Å². The van der Waals surface area contributed by atoms with E-state index in [0.717, 1.165) is 15.9 Å². The van der Waals surface area contributed by atoms with Crippen molar-refractivity contribution in [1.82, 2.24) is 19.5 Å². The van der Waals surface area contributed by atoms with E-state index in [-0.39, 0.29) is 11.8 Å². The van der Waals surface area contributed by atoms with Crippen LogP contribution in [0.3, 0.4) is 0 Å². The minimum atomic E-state index is -0.00848. The van der Waals surface area contributed by atoms with Crippen LogP contribution in [0.1, 0.15) is 22.1 Å². The molecule has 0 atom stereocenters. The molecule has 0 radical (unpaired) electrons. The lowest BCUT2D eigenvalue weighted by Crippen LogP contribution is -2.49. The number of methoxy groups -OCH3 is 1. The predicted molar refractivity (Wildman–Crippen MR) is 92.3 cm³/mol. The van der Waals surface area contributed by atoms with Gasteiger partial charge in [0.15, 0.2) is 5.65 Å². The Kier molecular flexibility index (Phi) is 3.72. The van der Waals surface area contributed by atoms with Crippen molar-refractivity contribution in [2.24, 2.45) is 0 Å². The van der Waals surface area contributed by atoms with Crippen molar-refractivity contribution in [2.75, 3.05) is 20.2 Å². The molecule has 0 unspecified atom stereocenters. The second kappa shape index (κ2) is 5.90. The Morgan fingerprint density at radius 2 is 2.08 bits per heavy atom. The molecular weight excluding hydrogens is 372 g/mol. The first-order chi connectivity index (χ1) is 11.7. The molecule has 1 aliphatic rings. The van der Waals surface area contributed by atoms with Gasteiger partial charge in [-0.2, -0.15) is 0 Å². The van der Waals surface area contributed by atoms with E-state index in [1.54, 1.807) is 13.2 Å². The summed E-state index contributed by atoms with van der Waals surface area (Å²) in [5.41, 5.74) is 1.44.